The highest BCUT2D eigenvalue weighted by molar-refractivity contribution is 7.89. The number of hydrogen-bond donors (Lipinski definition) is 1. The average Bonchev–Trinajstić information content (AvgIpc) is 2.62. The zero-order valence-electron chi connectivity index (χ0n) is 14.4. The summed E-state index contributed by atoms with van der Waals surface area (Å²) in [6, 6.07) is 8.65. The van der Waals surface area contributed by atoms with Gasteiger partial charge in [0, 0.05) is 37.3 Å². The lowest BCUT2D eigenvalue weighted by Gasteiger charge is -2.13. The Hall–Kier alpha value is -2.91. The summed E-state index contributed by atoms with van der Waals surface area (Å²) < 4.78 is 52.9. The van der Waals surface area contributed by atoms with Crippen molar-refractivity contribution < 1.29 is 22.0 Å². The number of nitrogens with zero attached hydrogens (tertiary/aromatic N) is 2. The van der Waals surface area contributed by atoms with Crippen molar-refractivity contribution in [3.63, 3.8) is 0 Å². The van der Waals surface area contributed by atoms with E-state index in [0.717, 1.165) is 10.4 Å². The fourth-order valence-electron chi connectivity index (χ4n) is 2.49. The molecule has 0 saturated heterocycles. The van der Waals surface area contributed by atoms with E-state index in [1.165, 1.54) is 50.6 Å². The number of benzene rings is 2. The van der Waals surface area contributed by atoms with E-state index in [-0.39, 0.29) is 27.0 Å². The zero-order valence-corrected chi connectivity index (χ0v) is 15.2. The minimum Gasteiger partial charge on any atom is -0.321 e. The molecule has 3 rings (SSSR count). The predicted octanol–water partition coefficient (Wildman–Crippen LogP) is 3.02. The maximum absolute atomic E-state index is 13.9. The third-order valence-corrected chi connectivity index (χ3v) is 5.70. The van der Waals surface area contributed by atoms with Gasteiger partial charge in [-0.3, -0.25) is 9.78 Å². The Morgan fingerprint density at radius 1 is 1.11 bits per heavy atom. The minimum absolute atomic E-state index is 0.0446. The molecule has 2 aromatic carbocycles. The van der Waals surface area contributed by atoms with Crippen LogP contribution < -0.4 is 5.32 Å². The van der Waals surface area contributed by atoms with E-state index in [2.05, 4.69) is 10.3 Å². The van der Waals surface area contributed by atoms with Gasteiger partial charge in [-0.15, -0.1) is 0 Å². The van der Waals surface area contributed by atoms with Gasteiger partial charge < -0.3 is 5.32 Å². The molecule has 0 aliphatic carbocycles. The molecular weight excluding hydrogens is 376 g/mol. The molecular formula is C18H15F2N3O3S. The van der Waals surface area contributed by atoms with Crippen LogP contribution in [0.5, 0.6) is 0 Å². The van der Waals surface area contributed by atoms with E-state index in [9.17, 15) is 22.0 Å². The van der Waals surface area contributed by atoms with Crippen molar-refractivity contribution >= 4 is 32.5 Å². The Morgan fingerprint density at radius 2 is 1.85 bits per heavy atom. The van der Waals surface area contributed by atoms with Gasteiger partial charge in [-0.2, -0.15) is 0 Å². The smallest absolute Gasteiger partial charge is 0.255 e. The monoisotopic (exact) mass is 391 g/mol. The average molecular weight is 391 g/mol. The van der Waals surface area contributed by atoms with Gasteiger partial charge >= 0.3 is 0 Å². The van der Waals surface area contributed by atoms with Crippen LogP contribution in [0, 0.1) is 11.6 Å². The maximum atomic E-state index is 13.9. The molecule has 140 valence electrons. The largest absolute Gasteiger partial charge is 0.321 e. The molecule has 3 aromatic rings. The van der Waals surface area contributed by atoms with Gasteiger partial charge in [0.05, 0.1) is 10.6 Å². The third-order valence-electron chi connectivity index (χ3n) is 3.89. The molecule has 0 radical (unpaired) electrons. The predicted molar refractivity (Wildman–Crippen MR) is 96.9 cm³/mol. The first kappa shape index (κ1) is 18.9. The first-order valence-corrected chi connectivity index (χ1v) is 9.22. The Labute approximate surface area is 154 Å². The van der Waals surface area contributed by atoms with Gasteiger partial charge in [-0.05, 0) is 30.3 Å². The Bertz CT molecular complexity index is 1150. The topological polar surface area (TPSA) is 79.4 Å². The SMILES string of the molecule is CN(C)S(=O)(=O)c1cccc(C(=O)Nc2ccnc3c(F)cc(F)cc23)c1. The van der Waals surface area contributed by atoms with Crippen molar-refractivity contribution in [2.75, 3.05) is 19.4 Å². The summed E-state index contributed by atoms with van der Waals surface area (Å²) in [4.78, 5) is 16.4. The van der Waals surface area contributed by atoms with E-state index >= 15 is 0 Å². The number of hydrogen-bond acceptors (Lipinski definition) is 4. The number of carbonyl (C=O) groups excluding carboxylic acids is 1. The van der Waals surface area contributed by atoms with Crippen LogP contribution in [0.25, 0.3) is 10.9 Å². The second-order valence-corrected chi connectivity index (χ2v) is 8.06. The van der Waals surface area contributed by atoms with E-state index < -0.39 is 27.6 Å². The van der Waals surface area contributed by atoms with Crippen molar-refractivity contribution in [3.05, 3.63) is 65.9 Å². The van der Waals surface area contributed by atoms with Gasteiger partial charge in [-0.25, -0.2) is 21.5 Å². The van der Waals surface area contributed by atoms with Crippen molar-refractivity contribution in [2.45, 2.75) is 4.90 Å². The molecule has 6 nitrogen and oxygen atoms in total. The van der Waals surface area contributed by atoms with E-state index in [1.54, 1.807) is 0 Å². The Kier molecular flexibility index (Phi) is 4.90. The van der Waals surface area contributed by atoms with Crippen molar-refractivity contribution in [1.29, 1.82) is 0 Å². The molecule has 27 heavy (non-hydrogen) atoms. The normalized spacial score (nSPS) is 11.7. The van der Waals surface area contributed by atoms with Crippen LogP contribution in [0.4, 0.5) is 14.5 Å². The summed E-state index contributed by atoms with van der Waals surface area (Å²) in [5.74, 6) is -2.27. The van der Waals surface area contributed by atoms with Crippen LogP contribution in [-0.4, -0.2) is 37.7 Å². The number of anilines is 1. The second kappa shape index (κ2) is 7.01. The van der Waals surface area contributed by atoms with Crippen molar-refractivity contribution in [2.24, 2.45) is 0 Å². The van der Waals surface area contributed by atoms with E-state index in [4.69, 9.17) is 0 Å². The summed E-state index contributed by atoms with van der Waals surface area (Å²) in [6.45, 7) is 0. The Balaban J connectivity index is 1.99. The second-order valence-electron chi connectivity index (χ2n) is 5.91. The highest BCUT2D eigenvalue weighted by Crippen LogP contribution is 2.25. The van der Waals surface area contributed by atoms with Crippen molar-refractivity contribution in [1.82, 2.24) is 9.29 Å². The number of nitrogens with one attached hydrogen (secondary N) is 1. The van der Waals surface area contributed by atoms with Crippen LogP contribution >= 0.6 is 0 Å². The molecule has 0 atom stereocenters. The lowest BCUT2D eigenvalue weighted by atomic mass is 10.1. The molecule has 1 amide bonds. The van der Waals surface area contributed by atoms with Gasteiger partial charge in [0.25, 0.3) is 5.91 Å². The molecule has 1 N–H and O–H groups in total. The zero-order chi connectivity index (χ0) is 19.8. The summed E-state index contributed by atoms with van der Waals surface area (Å²) in [6.07, 6.45) is 1.28. The third kappa shape index (κ3) is 3.64. The minimum atomic E-state index is -3.71. The number of carbonyl (C=O) groups is 1. The molecule has 0 bridgehead atoms. The number of aromatic nitrogens is 1. The fourth-order valence-corrected chi connectivity index (χ4v) is 3.44. The van der Waals surface area contributed by atoms with Crippen LogP contribution in [0.2, 0.25) is 0 Å². The van der Waals surface area contributed by atoms with Crippen LogP contribution in [0.3, 0.4) is 0 Å². The molecule has 9 heteroatoms. The number of sulfonamides is 1. The van der Waals surface area contributed by atoms with Gasteiger partial charge in [0.1, 0.15) is 11.3 Å². The lowest BCUT2D eigenvalue weighted by molar-refractivity contribution is 0.102. The van der Waals surface area contributed by atoms with E-state index in [1.807, 2.05) is 0 Å². The first-order valence-electron chi connectivity index (χ1n) is 7.78. The van der Waals surface area contributed by atoms with Crippen molar-refractivity contribution in [3.8, 4) is 0 Å². The van der Waals surface area contributed by atoms with Gasteiger partial charge in [0.15, 0.2) is 5.82 Å². The molecule has 0 fully saturated rings. The highest BCUT2D eigenvalue weighted by atomic mass is 32.2. The summed E-state index contributed by atoms with van der Waals surface area (Å²) in [5.41, 5.74) is 0.155. The number of rotatable bonds is 4. The van der Waals surface area contributed by atoms with Crippen LogP contribution in [0.1, 0.15) is 10.4 Å². The fraction of sp³-hybridized carbons (Fsp3) is 0.111. The van der Waals surface area contributed by atoms with Gasteiger partial charge in [0.2, 0.25) is 10.0 Å². The molecule has 1 heterocycles. The maximum Gasteiger partial charge on any atom is 0.255 e. The quantitative estimate of drug-likeness (QED) is 0.742. The van der Waals surface area contributed by atoms with E-state index in [0.29, 0.717) is 6.07 Å². The number of pyridine rings is 1. The van der Waals surface area contributed by atoms with Gasteiger partial charge in [-0.1, -0.05) is 6.07 Å². The molecule has 0 aliphatic heterocycles. The Morgan fingerprint density at radius 3 is 2.56 bits per heavy atom. The molecule has 0 spiro atoms. The summed E-state index contributed by atoms with van der Waals surface area (Å²) in [7, 11) is -0.941. The molecule has 1 aromatic heterocycles. The van der Waals surface area contributed by atoms with Crippen LogP contribution in [0.15, 0.2) is 53.6 Å². The standard InChI is InChI=1S/C18H15F2N3O3S/c1-23(2)27(25,26)13-5-3-4-11(8-13)18(24)22-16-6-7-21-17-14(16)9-12(19)10-15(17)20/h3-10H,1-2H3,(H,21,22,24). The lowest BCUT2D eigenvalue weighted by Crippen LogP contribution is -2.22. The molecule has 0 unspecified atom stereocenters. The number of amides is 1. The first-order chi connectivity index (χ1) is 12.7. The summed E-state index contributed by atoms with van der Waals surface area (Å²) in [5, 5.41) is 2.64. The van der Waals surface area contributed by atoms with Crippen LogP contribution in [-0.2, 0) is 10.0 Å². The molecule has 0 aliphatic rings. The number of halogens is 2. The summed E-state index contributed by atoms with van der Waals surface area (Å²) >= 11 is 0. The highest BCUT2D eigenvalue weighted by Gasteiger charge is 2.19. The number of fused-ring (bicyclic) bond motifs is 1. The molecule has 0 saturated carbocycles.